The van der Waals surface area contributed by atoms with E-state index in [4.69, 9.17) is 11.6 Å². The molecule has 0 bridgehead atoms. The summed E-state index contributed by atoms with van der Waals surface area (Å²) in [6, 6.07) is 10.3. The number of thioether (sulfide) groups is 1. The molecule has 3 rings (SSSR count). The largest absolute Gasteiger partial charge is 0.502 e. The van der Waals surface area contributed by atoms with Gasteiger partial charge in [-0.15, -0.1) is 0 Å². The number of nitrogens with one attached hydrogen (secondary N) is 2. The van der Waals surface area contributed by atoms with Gasteiger partial charge >= 0.3 is 5.69 Å². The molecule has 7 nitrogen and oxygen atoms in total. The number of halogens is 1. The number of hydrogen-bond donors (Lipinski definition) is 3. The van der Waals surface area contributed by atoms with Gasteiger partial charge in [0.1, 0.15) is 0 Å². The molecule has 0 saturated carbocycles. The molecule has 0 unspecified atom stereocenters. The van der Waals surface area contributed by atoms with Crippen molar-refractivity contribution in [1.29, 1.82) is 0 Å². The van der Waals surface area contributed by atoms with Crippen LogP contribution in [0.1, 0.15) is 18.1 Å². The Kier molecular flexibility index (Phi) is 5.57. The molecule has 3 N–H and O–H groups in total. The first-order valence-corrected chi connectivity index (χ1v) is 9.34. The maximum absolute atomic E-state index is 12.2. The molecule has 0 spiro atoms. The first-order chi connectivity index (χ1) is 12.9. The summed E-state index contributed by atoms with van der Waals surface area (Å²) in [7, 11) is 0. The Morgan fingerprint density at radius 1 is 1.37 bits per heavy atom. The molecule has 1 saturated heterocycles. The fourth-order valence-corrected chi connectivity index (χ4v) is 3.75. The van der Waals surface area contributed by atoms with E-state index in [-0.39, 0.29) is 16.5 Å². The van der Waals surface area contributed by atoms with Gasteiger partial charge in [0, 0.05) is 22.3 Å². The van der Waals surface area contributed by atoms with Gasteiger partial charge in [0.05, 0.1) is 9.83 Å². The van der Waals surface area contributed by atoms with Crippen molar-refractivity contribution in [2.75, 3.05) is 5.32 Å². The van der Waals surface area contributed by atoms with Crippen LogP contribution in [0.2, 0.25) is 5.02 Å². The van der Waals surface area contributed by atoms with Crippen molar-refractivity contribution in [3.05, 3.63) is 67.6 Å². The van der Waals surface area contributed by atoms with Crippen LogP contribution < -0.4 is 10.6 Å². The Labute approximate surface area is 164 Å². The Hall–Kier alpha value is -2.71. The molecule has 2 aromatic carbocycles. The minimum Gasteiger partial charge on any atom is -0.502 e. The number of nitrogens with zero attached hydrogens (tertiary/aromatic N) is 1. The third kappa shape index (κ3) is 4.35. The van der Waals surface area contributed by atoms with Crippen molar-refractivity contribution in [2.45, 2.75) is 18.8 Å². The van der Waals surface area contributed by atoms with Crippen LogP contribution in [0, 0.1) is 10.1 Å². The van der Waals surface area contributed by atoms with Crippen LogP contribution >= 0.6 is 23.4 Å². The third-order valence-corrected chi connectivity index (χ3v) is 5.20. The highest BCUT2D eigenvalue weighted by Crippen LogP contribution is 2.37. The van der Waals surface area contributed by atoms with E-state index in [0.29, 0.717) is 4.91 Å². The second-order valence-corrected chi connectivity index (χ2v) is 7.38. The van der Waals surface area contributed by atoms with Gasteiger partial charge in [-0.1, -0.05) is 42.4 Å². The number of anilines is 1. The minimum atomic E-state index is -0.727. The maximum atomic E-state index is 12.2. The SMILES string of the molecule is CCc1ccc(N[C@H]2NC(=O)/C(=C/c3cc(Cl)cc([N+](=O)[O-])c3O)S2)cc1. The topological polar surface area (TPSA) is 104 Å². The molecule has 1 fully saturated rings. The average molecular weight is 406 g/mol. The highest BCUT2D eigenvalue weighted by Gasteiger charge is 2.28. The smallest absolute Gasteiger partial charge is 0.312 e. The Balaban J connectivity index is 1.80. The highest BCUT2D eigenvalue weighted by molar-refractivity contribution is 8.05. The van der Waals surface area contributed by atoms with Crippen molar-refractivity contribution < 1.29 is 14.8 Å². The lowest BCUT2D eigenvalue weighted by Crippen LogP contribution is -2.30. The summed E-state index contributed by atoms with van der Waals surface area (Å²) in [5, 5.41) is 27.1. The molecular weight excluding hydrogens is 390 g/mol. The maximum Gasteiger partial charge on any atom is 0.312 e. The molecule has 1 aliphatic heterocycles. The van der Waals surface area contributed by atoms with Crippen molar-refractivity contribution >= 4 is 46.7 Å². The standard InChI is InChI=1S/C18H16ClN3O4S/c1-2-10-3-5-13(6-4-10)20-18-21-17(24)15(27-18)8-11-7-12(19)9-14(16(11)23)22(25)26/h3-9,18,20,23H,2H2,1H3,(H,21,24)/b15-8-/t18-/m0/s1. The van der Waals surface area contributed by atoms with E-state index in [1.165, 1.54) is 29.5 Å². The van der Waals surface area contributed by atoms with Gasteiger partial charge < -0.3 is 15.7 Å². The summed E-state index contributed by atoms with van der Waals surface area (Å²) in [4.78, 5) is 22.8. The van der Waals surface area contributed by atoms with E-state index in [9.17, 15) is 20.0 Å². The summed E-state index contributed by atoms with van der Waals surface area (Å²) >= 11 is 7.10. The number of carbonyl (C=O) groups is 1. The Morgan fingerprint density at radius 3 is 2.70 bits per heavy atom. The van der Waals surface area contributed by atoms with Crippen LogP contribution in [-0.2, 0) is 11.2 Å². The molecule has 0 radical (unpaired) electrons. The van der Waals surface area contributed by atoms with Gasteiger partial charge in [-0.05, 0) is 36.3 Å². The minimum absolute atomic E-state index is 0.0976. The second-order valence-electron chi connectivity index (χ2n) is 5.79. The van der Waals surface area contributed by atoms with E-state index >= 15 is 0 Å². The molecule has 9 heteroatoms. The first-order valence-electron chi connectivity index (χ1n) is 8.09. The van der Waals surface area contributed by atoms with E-state index in [0.717, 1.165) is 18.2 Å². The lowest BCUT2D eigenvalue weighted by molar-refractivity contribution is -0.385. The van der Waals surface area contributed by atoms with Crippen LogP contribution in [-0.4, -0.2) is 21.4 Å². The van der Waals surface area contributed by atoms with Gasteiger partial charge in [0.15, 0.2) is 5.50 Å². The number of benzene rings is 2. The van der Waals surface area contributed by atoms with Crippen molar-refractivity contribution in [1.82, 2.24) is 5.32 Å². The summed E-state index contributed by atoms with van der Waals surface area (Å²) < 4.78 is 0. The summed E-state index contributed by atoms with van der Waals surface area (Å²) in [5.41, 5.74) is 1.27. The normalized spacial score (nSPS) is 17.8. The molecule has 1 atom stereocenters. The number of aromatic hydroxyl groups is 1. The van der Waals surface area contributed by atoms with Crippen LogP contribution in [0.3, 0.4) is 0 Å². The average Bonchev–Trinajstić information content (AvgIpc) is 2.97. The van der Waals surface area contributed by atoms with E-state index in [1.807, 2.05) is 24.3 Å². The number of nitro groups is 1. The van der Waals surface area contributed by atoms with Gasteiger partial charge in [0.2, 0.25) is 5.75 Å². The first kappa shape index (κ1) is 19.1. The molecule has 0 aliphatic carbocycles. The van der Waals surface area contributed by atoms with Crippen molar-refractivity contribution in [3.63, 3.8) is 0 Å². The monoisotopic (exact) mass is 405 g/mol. The summed E-state index contributed by atoms with van der Waals surface area (Å²) in [6.07, 6.45) is 2.33. The van der Waals surface area contributed by atoms with Gasteiger partial charge in [-0.3, -0.25) is 14.9 Å². The fourth-order valence-electron chi connectivity index (χ4n) is 2.55. The van der Waals surface area contributed by atoms with Gasteiger partial charge in [-0.25, -0.2) is 0 Å². The summed E-state index contributed by atoms with van der Waals surface area (Å²) in [6.45, 7) is 2.07. The van der Waals surface area contributed by atoms with Crippen LogP contribution in [0.5, 0.6) is 5.75 Å². The Bertz CT molecular complexity index is 931. The number of nitro benzene ring substituents is 1. The van der Waals surface area contributed by atoms with E-state index < -0.39 is 21.9 Å². The predicted molar refractivity (Wildman–Crippen MR) is 107 cm³/mol. The van der Waals surface area contributed by atoms with Crippen LogP contribution in [0.4, 0.5) is 11.4 Å². The number of amides is 1. The van der Waals surface area contributed by atoms with Gasteiger partial charge in [0.25, 0.3) is 5.91 Å². The molecule has 0 aromatic heterocycles. The molecule has 2 aromatic rings. The number of phenolic OH excluding ortho intramolecular Hbond substituents is 1. The molecular formula is C18H16ClN3O4S. The second kappa shape index (κ2) is 7.89. The zero-order chi connectivity index (χ0) is 19.6. The summed E-state index contributed by atoms with van der Waals surface area (Å²) in [5.74, 6) is -0.874. The third-order valence-electron chi connectivity index (χ3n) is 3.96. The lowest BCUT2D eigenvalue weighted by atomic mass is 10.1. The zero-order valence-electron chi connectivity index (χ0n) is 14.2. The van der Waals surface area contributed by atoms with Gasteiger partial charge in [-0.2, -0.15) is 0 Å². The fraction of sp³-hybridized carbons (Fsp3) is 0.167. The number of aryl methyl sites for hydroxylation is 1. The number of carbonyl (C=O) groups excluding carboxylic acids is 1. The highest BCUT2D eigenvalue weighted by atomic mass is 35.5. The van der Waals surface area contributed by atoms with Crippen LogP contribution in [0.25, 0.3) is 6.08 Å². The van der Waals surface area contributed by atoms with Crippen molar-refractivity contribution in [2.24, 2.45) is 0 Å². The molecule has 1 heterocycles. The van der Waals surface area contributed by atoms with E-state index in [2.05, 4.69) is 17.6 Å². The number of rotatable bonds is 5. The molecule has 27 heavy (non-hydrogen) atoms. The molecule has 1 amide bonds. The quantitative estimate of drug-likeness (QED) is 0.392. The van der Waals surface area contributed by atoms with E-state index in [1.54, 1.807) is 0 Å². The molecule has 1 aliphatic rings. The number of phenols is 1. The predicted octanol–water partition coefficient (Wildman–Crippen LogP) is 4.12. The van der Waals surface area contributed by atoms with Crippen LogP contribution in [0.15, 0.2) is 41.3 Å². The van der Waals surface area contributed by atoms with Crippen molar-refractivity contribution in [3.8, 4) is 5.75 Å². The number of hydrogen-bond acceptors (Lipinski definition) is 6. The zero-order valence-corrected chi connectivity index (χ0v) is 15.8. The Morgan fingerprint density at radius 2 is 2.07 bits per heavy atom. The molecule has 140 valence electrons. The lowest BCUT2D eigenvalue weighted by Gasteiger charge is -2.12.